The Hall–Kier alpha value is -2.14. The van der Waals surface area contributed by atoms with Crippen molar-refractivity contribution in [1.29, 1.82) is 0 Å². The largest absolute Gasteiger partial charge is 0.339 e. The number of piperidine rings is 1. The molecule has 24 heavy (non-hydrogen) atoms. The number of carbonyl (C=O) groups excluding carboxylic acids is 1. The Morgan fingerprint density at radius 2 is 2.08 bits per heavy atom. The van der Waals surface area contributed by atoms with Crippen molar-refractivity contribution in [3.05, 3.63) is 46.4 Å². The number of nitrogens with zero attached hydrogens (tertiary/aromatic N) is 3. The number of amides is 1. The van der Waals surface area contributed by atoms with Crippen molar-refractivity contribution in [2.75, 3.05) is 13.1 Å². The van der Waals surface area contributed by atoms with E-state index in [9.17, 15) is 4.79 Å². The molecular formula is C19H21N3OS. The van der Waals surface area contributed by atoms with Crippen LogP contribution < -0.4 is 0 Å². The van der Waals surface area contributed by atoms with E-state index in [2.05, 4.69) is 16.7 Å². The minimum Gasteiger partial charge on any atom is -0.339 e. The number of aryl methyl sites for hydroxylation is 1. The van der Waals surface area contributed by atoms with Crippen LogP contribution in [0.4, 0.5) is 0 Å². The van der Waals surface area contributed by atoms with Crippen LogP contribution in [0.1, 0.15) is 41.6 Å². The van der Waals surface area contributed by atoms with E-state index in [4.69, 9.17) is 4.98 Å². The van der Waals surface area contributed by atoms with Crippen LogP contribution in [0, 0.1) is 0 Å². The van der Waals surface area contributed by atoms with Gasteiger partial charge in [-0.05, 0) is 43.9 Å². The maximum atomic E-state index is 13.0. The van der Waals surface area contributed by atoms with Crippen molar-refractivity contribution in [3.63, 3.8) is 0 Å². The summed E-state index contributed by atoms with van der Waals surface area (Å²) in [6, 6.07) is 8.03. The molecule has 0 saturated carbocycles. The molecule has 4 nitrogen and oxygen atoms in total. The smallest absolute Gasteiger partial charge is 0.256 e. The van der Waals surface area contributed by atoms with Crippen LogP contribution in [0.25, 0.3) is 16.9 Å². The maximum absolute atomic E-state index is 13.0. The Morgan fingerprint density at radius 3 is 2.83 bits per heavy atom. The van der Waals surface area contributed by atoms with E-state index in [0.717, 1.165) is 59.8 Å². The molecule has 124 valence electrons. The Morgan fingerprint density at radius 1 is 1.25 bits per heavy atom. The summed E-state index contributed by atoms with van der Waals surface area (Å²) in [7, 11) is 0. The van der Waals surface area contributed by atoms with E-state index in [1.54, 1.807) is 11.3 Å². The van der Waals surface area contributed by atoms with Crippen LogP contribution in [-0.2, 0) is 6.42 Å². The predicted octanol–water partition coefficient (Wildman–Crippen LogP) is 4.25. The number of likely N-dealkylation sites (tertiary alicyclic amines) is 1. The molecule has 0 aromatic carbocycles. The normalized spacial score (nSPS) is 15.1. The SMILES string of the molecule is CCc1nc(-c2cc(C(=O)N3CCCCC3)c3ccccn23)cs1. The lowest BCUT2D eigenvalue weighted by Gasteiger charge is -2.26. The summed E-state index contributed by atoms with van der Waals surface area (Å²) < 4.78 is 2.09. The molecule has 3 aromatic heterocycles. The lowest BCUT2D eigenvalue weighted by molar-refractivity contribution is 0.0726. The molecule has 3 aromatic rings. The standard InChI is InChI=1S/C19H21N3OS/c1-2-18-20-15(13-24-18)17-12-14(16-8-4-7-11-22(16)17)19(23)21-9-5-3-6-10-21/h4,7-8,11-13H,2-3,5-6,9-10H2,1H3. The van der Waals surface area contributed by atoms with Crippen molar-refractivity contribution < 1.29 is 4.79 Å². The van der Waals surface area contributed by atoms with Gasteiger partial charge in [-0.1, -0.05) is 13.0 Å². The highest BCUT2D eigenvalue weighted by Gasteiger charge is 2.23. The fourth-order valence-electron chi connectivity index (χ4n) is 3.38. The van der Waals surface area contributed by atoms with E-state index in [1.165, 1.54) is 6.42 Å². The summed E-state index contributed by atoms with van der Waals surface area (Å²) in [5, 5.41) is 3.21. The van der Waals surface area contributed by atoms with Gasteiger partial charge in [0.2, 0.25) is 0 Å². The van der Waals surface area contributed by atoms with Gasteiger partial charge >= 0.3 is 0 Å². The molecule has 1 fully saturated rings. The second-order valence-corrected chi connectivity index (χ2v) is 7.17. The van der Waals surface area contributed by atoms with Gasteiger partial charge < -0.3 is 9.30 Å². The van der Waals surface area contributed by atoms with E-state index in [0.29, 0.717) is 0 Å². The molecule has 1 saturated heterocycles. The lowest BCUT2D eigenvalue weighted by atomic mass is 10.1. The third kappa shape index (κ3) is 2.63. The molecule has 5 heteroatoms. The minimum atomic E-state index is 0.149. The van der Waals surface area contributed by atoms with Crippen LogP contribution >= 0.6 is 11.3 Å². The highest BCUT2D eigenvalue weighted by atomic mass is 32.1. The van der Waals surface area contributed by atoms with Gasteiger partial charge in [0.15, 0.2) is 0 Å². The fourth-order valence-corrected chi connectivity index (χ4v) is 4.12. The van der Waals surface area contributed by atoms with Crippen molar-refractivity contribution in [1.82, 2.24) is 14.3 Å². The number of aromatic nitrogens is 2. The van der Waals surface area contributed by atoms with Gasteiger partial charge in [0, 0.05) is 24.7 Å². The highest BCUT2D eigenvalue weighted by molar-refractivity contribution is 7.09. The number of thiazole rings is 1. The molecule has 4 rings (SSSR count). The third-order valence-corrected chi connectivity index (χ3v) is 5.66. The molecule has 0 aliphatic carbocycles. The summed E-state index contributed by atoms with van der Waals surface area (Å²) in [5.74, 6) is 0.149. The van der Waals surface area contributed by atoms with Gasteiger partial charge in [0.05, 0.1) is 27.5 Å². The van der Waals surface area contributed by atoms with Gasteiger partial charge in [0.25, 0.3) is 5.91 Å². The molecular weight excluding hydrogens is 318 g/mol. The van der Waals surface area contributed by atoms with Crippen LogP contribution in [0.5, 0.6) is 0 Å². The number of rotatable bonds is 3. The molecule has 1 amide bonds. The zero-order valence-corrected chi connectivity index (χ0v) is 14.7. The Bertz CT molecular complexity index is 874. The van der Waals surface area contributed by atoms with Crippen LogP contribution in [0.3, 0.4) is 0 Å². The van der Waals surface area contributed by atoms with Crippen molar-refractivity contribution in [2.45, 2.75) is 32.6 Å². The zero-order chi connectivity index (χ0) is 16.5. The van der Waals surface area contributed by atoms with Crippen molar-refractivity contribution >= 4 is 22.8 Å². The van der Waals surface area contributed by atoms with Gasteiger partial charge in [-0.15, -0.1) is 11.3 Å². The molecule has 0 spiro atoms. The second kappa shape index (κ2) is 6.40. The first kappa shape index (κ1) is 15.4. The molecule has 0 atom stereocenters. The summed E-state index contributed by atoms with van der Waals surface area (Å²) in [5.41, 5.74) is 3.71. The molecule has 1 aliphatic rings. The predicted molar refractivity (Wildman–Crippen MR) is 97.6 cm³/mol. The summed E-state index contributed by atoms with van der Waals surface area (Å²) in [6.45, 7) is 3.86. The van der Waals surface area contributed by atoms with Crippen LogP contribution in [0.2, 0.25) is 0 Å². The van der Waals surface area contributed by atoms with Crippen LogP contribution in [-0.4, -0.2) is 33.3 Å². The second-order valence-electron chi connectivity index (χ2n) is 6.23. The number of hydrogen-bond acceptors (Lipinski definition) is 3. The number of pyridine rings is 1. The third-order valence-electron chi connectivity index (χ3n) is 4.67. The molecule has 0 bridgehead atoms. The maximum Gasteiger partial charge on any atom is 0.256 e. The monoisotopic (exact) mass is 339 g/mol. The van der Waals surface area contributed by atoms with Crippen molar-refractivity contribution in [3.8, 4) is 11.4 Å². The minimum absolute atomic E-state index is 0.149. The fraction of sp³-hybridized carbons (Fsp3) is 0.368. The summed E-state index contributed by atoms with van der Waals surface area (Å²) >= 11 is 1.68. The van der Waals surface area contributed by atoms with Gasteiger partial charge in [-0.25, -0.2) is 4.98 Å². The quantitative estimate of drug-likeness (QED) is 0.715. The number of hydrogen-bond donors (Lipinski definition) is 0. The summed E-state index contributed by atoms with van der Waals surface area (Å²) in [6.07, 6.45) is 6.40. The van der Waals surface area contributed by atoms with E-state index >= 15 is 0 Å². The van der Waals surface area contributed by atoms with Gasteiger partial charge in [-0.3, -0.25) is 4.79 Å². The zero-order valence-electron chi connectivity index (χ0n) is 13.9. The first-order chi connectivity index (χ1) is 11.8. The highest BCUT2D eigenvalue weighted by Crippen LogP contribution is 2.29. The topological polar surface area (TPSA) is 37.6 Å². The Labute approximate surface area is 145 Å². The molecule has 4 heterocycles. The summed E-state index contributed by atoms with van der Waals surface area (Å²) in [4.78, 5) is 19.7. The van der Waals surface area contributed by atoms with Gasteiger partial charge in [-0.2, -0.15) is 0 Å². The molecule has 0 unspecified atom stereocenters. The molecule has 0 radical (unpaired) electrons. The molecule has 0 N–H and O–H groups in total. The average Bonchev–Trinajstić information content (AvgIpc) is 3.26. The first-order valence-electron chi connectivity index (χ1n) is 8.62. The number of fused-ring (bicyclic) bond motifs is 1. The van der Waals surface area contributed by atoms with E-state index in [1.807, 2.05) is 35.4 Å². The lowest BCUT2D eigenvalue weighted by Crippen LogP contribution is -2.35. The van der Waals surface area contributed by atoms with Crippen LogP contribution in [0.15, 0.2) is 35.8 Å². The van der Waals surface area contributed by atoms with E-state index < -0.39 is 0 Å². The Kier molecular flexibility index (Phi) is 4.10. The van der Waals surface area contributed by atoms with Gasteiger partial charge in [0.1, 0.15) is 0 Å². The Balaban J connectivity index is 1.80. The number of carbonyl (C=O) groups is 1. The first-order valence-corrected chi connectivity index (χ1v) is 9.50. The van der Waals surface area contributed by atoms with Crippen molar-refractivity contribution in [2.24, 2.45) is 0 Å². The molecule has 1 aliphatic heterocycles. The van der Waals surface area contributed by atoms with E-state index in [-0.39, 0.29) is 5.91 Å². The average molecular weight is 339 g/mol.